The van der Waals surface area contributed by atoms with Crippen LogP contribution >= 0.6 is 0 Å². The number of unbranched alkanes of at least 4 members (excludes halogenated alkanes) is 1. The van der Waals surface area contributed by atoms with Gasteiger partial charge in [0.15, 0.2) is 0 Å². The van der Waals surface area contributed by atoms with Crippen LogP contribution in [-0.4, -0.2) is 46.4 Å². The van der Waals surface area contributed by atoms with E-state index < -0.39 is 5.97 Å². The number of methoxy groups -OCH3 is 3. The Labute approximate surface area is 221 Å². The smallest absolute Gasteiger partial charge is 0.337 e. The summed E-state index contributed by atoms with van der Waals surface area (Å²) in [6.45, 7) is 9.55. The maximum atomic E-state index is 13.4. The zero-order valence-electron chi connectivity index (χ0n) is 23.4. The van der Waals surface area contributed by atoms with E-state index in [1.165, 1.54) is 7.11 Å². The Bertz CT molecular complexity index is 1030. The van der Waals surface area contributed by atoms with Gasteiger partial charge >= 0.3 is 5.97 Å². The number of benzene rings is 2. The van der Waals surface area contributed by atoms with Crippen LogP contribution in [-0.2, 0) is 19.7 Å². The van der Waals surface area contributed by atoms with Gasteiger partial charge in [0.2, 0.25) is 5.91 Å². The molecule has 0 saturated carbocycles. The molecule has 1 unspecified atom stereocenters. The molecule has 0 saturated heterocycles. The van der Waals surface area contributed by atoms with Gasteiger partial charge in [0, 0.05) is 38.3 Å². The van der Waals surface area contributed by atoms with Gasteiger partial charge < -0.3 is 24.3 Å². The van der Waals surface area contributed by atoms with Crippen molar-refractivity contribution in [3.05, 3.63) is 53.1 Å². The van der Waals surface area contributed by atoms with Crippen LogP contribution in [0.3, 0.4) is 0 Å². The Kier molecular flexibility index (Phi) is 11.9. The number of carbonyl (C=O) groups excluding carboxylic acids is 2. The van der Waals surface area contributed by atoms with Crippen LogP contribution in [0.4, 0.5) is 5.69 Å². The van der Waals surface area contributed by atoms with Crippen molar-refractivity contribution in [2.75, 3.05) is 39.9 Å². The van der Waals surface area contributed by atoms with Gasteiger partial charge in [-0.05, 0) is 47.1 Å². The summed E-state index contributed by atoms with van der Waals surface area (Å²) in [6, 6.07) is 11.1. The van der Waals surface area contributed by atoms with Crippen molar-refractivity contribution in [2.24, 2.45) is 0 Å². The summed E-state index contributed by atoms with van der Waals surface area (Å²) in [7, 11) is 4.66. The van der Waals surface area contributed by atoms with Crippen LogP contribution in [0.15, 0.2) is 36.4 Å². The number of rotatable bonds is 14. The van der Waals surface area contributed by atoms with Crippen LogP contribution in [0.5, 0.6) is 11.5 Å². The lowest BCUT2D eigenvalue weighted by Gasteiger charge is -2.25. The third-order valence-corrected chi connectivity index (χ3v) is 6.27. The second-order valence-corrected chi connectivity index (χ2v) is 10.2. The van der Waals surface area contributed by atoms with Gasteiger partial charge in [-0.3, -0.25) is 4.79 Å². The molecule has 7 nitrogen and oxygen atoms in total. The molecular formula is C30H43NO6. The predicted octanol–water partition coefficient (Wildman–Crippen LogP) is 6.50. The largest absolute Gasteiger partial charge is 0.496 e. The summed E-state index contributed by atoms with van der Waals surface area (Å²) >= 11 is 0. The molecule has 204 valence electrons. The first kappa shape index (κ1) is 30.2. The summed E-state index contributed by atoms with van der Waals surface area (Å²) in [5.41, 5.74) is 2.74. The van der Waals surface area contributed by atoms with Crippen molar-refractivity contribution in [3.63, 3.8) is 0 Å². The number of carbonyl (C=O) groups is 2. The fourth-order valence-corrected chi connectivity index (χ4v) is 4.30. The Balaban J connectivity index is 2.28. The van der Waals surface area contributed by atoms with E-state index >= 15 is 0 Å². The number of ether oxygens (including phenoxy) is 4. The lowest BCUT2D eigenvalue weighted by Crippen LogP contribution is -2.21. The van der Waals surface area contributed by atoms with Crippen molar-refractivity contribution >= 4 is 17.6 Å². The molecule has 0 aliphatic carbocycles. The monoisotopic (exact) mass is 513 g/mol. The molecule has 1 amide bonds. The molecule has 2 aromatic rings. The van der Waals surface area contributed by atoms with Crippen LogP contribution in [0.25, 0.3) is 0 Å². The van der Waals surface area contributed by atoms with Crippen molar-refractivity contribution in [1.29, 1.82) is 0 Å². The first-order valence-corrected chi connectivity index (χ1v) is 13.0. The van der Waals surface area contributed by atoms with E-state index in [1.54, 1.807) is 26.4 Å². The predicted molar refractivity (Wildman–Crippen MR) is 147 cm³/mol. The highest BCUT2D eigenvalue weighted by molar-refractivity contribution is 5.96. The molecule has 0 aliphatic heterocycles. The van der Waals surface area contributed by atoms with E-state index in [9.17, 15) is 9.59 Å². The van der Waals surface area contributed by atoms with Crippen LogP contribution in [0, 0.1) is 0 Å². The fraction of sp³-hybridized carbons (Fsp3) is 0.533. The molecule has 0 aliphatic rings. The van der Waals surface area contributed by atoms with E-state index in [4.69, 9.17) is 18.9 Å². The Morgan fingerprint density at radius 3 is 2.35 bits per heavy atom. The van der Waals surface area contributed by atoms with Crippen LogP contribution < -0.4 is 14.8 Å². The molecule has 0 bridgehead atoms. The normalized spacial score (nSPS) is 12.1. The Morgan fingerprint density at radius 1 is 0.973 bits per heavy atom. The minimum absolute atomic E-state index is 0.0284. The SMILES string of the molecule is CCCCC(CC(=O)Nc1cc(C(=O)OC)ccc1C(C)(C)C)c1ccc(OCCCOC)cc1OC. The third kappa shape index (κ3) is 9.08. The van der Waals surface area contributed by atoms with Gasteiger partial charge in [0.05, 0.1) is 26.4 Å². The van der Waals surface area contributed by atoms with Gasteiger partial charge in [-0.2, -0.15) is 0 Å². The first-order chi connectivity index (χ1) is 17.6. The summed E-state index contributed by atoms with van der Waals surface area (Å²) in [5.74, 6) is 0.854. The molecule has 0 radical (unpaired) electrons. The molecule has 1 N–H and O–H groups in total. The first-order valence-electron chi connectivity index (χ1n) is 13.0. The molecule has 0 spiro atoms. The van der Waals surface area contributed by atoms with E-state index in [0.717, 1.165) is 42.6 Å². The summed E-state index contributed by atoms with van der Waals surface area (Å²) in [5, 5.41) is 3.08. The second kappa shape index (κ2) is 14.6. The van der Waals surface area contributed by atoms with Crippen molar-refractivity contribution < 1.29 is 28.5 Å². The van der Waals surface area contributed by atoms with E-state index in [1.807, 2.05) is 24.3 Å². The van der Waals surface area contributed by atoms with Gasteiger partial charge in [0.25, 0.3) is 0 Å². The maximum Gasteiger partial charge on any atom is 0.337 e. The summed E-state index contributed by atoms with van der Waals surface area (Å²) < 4.78 is 21.5. The summed E-state index contributed by atoms with van der Waals surface area (Å²) in [6.07, 6.45) is 3.95. The van der Waals surface area contributed by atoms with Crippen LogP contribution in [0.1, 0.15) is 87.2 Å². The lowest BCUT2D eigenvalue weighted by atomic mass is 9.85. The molecular weight excluding hydrogens is 470 g/mol. The van der Waals surface area contributed by atoms with Gasteiger partial charge in [-0.1, -0.05) is 52.7 Å². The molecule has 37 heavy (non-hydrogen) atoms. The second-order valence-electron chi connectivity index (χ2n) is 10.2. The zero-order valence-corrected chi connectivity index (χ0v) is 23.4. The molecule has 2 rings (SSSR count). The highest BCUT2D eigenvalue weighted by Crippen LogP contribution is 2.36. The minimum Gasteiger partial charge on any atom is -0.496 e. The van der Waals surface area contributed by atoms with Crippen molar-refractivity contribution in [3.8, 4) is 11.5 Å². The van der Waals surface area contributed by atoms with Crippen molar-refractivity contribution in [1.82, 2.24) is 0 Å². The fourth-order valence-electron chi connectivity index (χ4n) is 4.30. The van der Waals surface area contributed by atoms with Crippen molar-refractivity contribution in [2.45, 2.75) is 71.1 Å². The Morgan fingerprint density at radius 2 is 1.73 bits per heavy atom. The van der Waals surface area contributed by atoms with Crippen LogP contribution in [0.2, 0.25) is 0 Å². The van der Waals surface area contributed by atoms with E-state index in [-0.39, 0.29) is 23.7 Å². The lowest BCUT2D eigenvalue weighted by molar-refractivity contribution is -0.116. The topological polar surface area (TPSA) is 83.1 Å². The van der Waals surface area contributed by atoms with Gasteiger partial charge in [-0.15, -0.1) is 0 Å². The third-order valence-electron chi connectivity index (χ3n) is 6.27. The quantitative estimate of drug-likeness (QED) is 0.229. The average molecular weight is 514 g/mol. The maximum absolute atomic E-state index is 13.4. The Hall–Kier alpha value is -3.06. The standard InChI is InChI=1S/C30H43NO6/c1-8-9-11-21(24-14-13-23(20-27(24)35-6)37-17-10-16-34-5)19-28(32)31-26-18-22(29(33)36-7)12-15-25(26)30(2,3)4/h12-15,18,20-21H,8-11,16-17,19H2,1-7H3,(H,31,32). The molecule has 0 fully saturated rings. The highest BCUT2D eigenvalue weighted by Gasteiger charge is 2.24. The zero-order chi connectivity index (χ0) is 27.4. The number of anilines is 1. The highest BCUT2D eigenvalue weighted by atomic mass is 16.5. The van der Waals surface area contributed by atoms with Gasteiger partial charge in [-0.25, -0.2) is 4.79 Å². The number of hydrogen-bond acceptors (Lipinski definition) is 6. The summed E-state index contributed by atoms with van der Waals surface area (Å²) in [4.78, 5) is 25.5. The number of esters is 1. The number of hydrogen-bond donors (Lipinski definition) is 1. The number of amides is 1. The van der Waals surface area contributed by atoms with Gasteiger partial charge in [0.1, 0.15) is 11.5 Å². The number of nitrogens with one attached hydrogen (secondary N) is 1. The molecule has 0 heterocycles. The minimum atomic E-state index is -0.439. The molecule has 0 aromatic heterocycles. The molecule has 7 heteroatoms. The van der Waals surface area contributed by atoms with E-state index in [2.05, 4.69) is 33.0 Å². The molecule has 1 atom stereocenters. The van der Waals surface area contributed by atoms with E-state index in [0.29, 0.717) is 30.2 Å². The average Bonchev–Trinajstić information content (AvgIpc) is 2.87. The molecule has 2 aromatic carbocycles.